The Labute approximate surface area is 141 Å². The van der Waals surface area contributed by atoms with Gasteiger partial charge in [0.25, 0.3) is 5.69 Å². The Morgan fingerprint density at radius 2 is 1.96 bits per heavy atom. The smallest absolute Gasteiger partial charge is 0.278 e. The molecule has 126 valence electrons. The van der Waals surface area contributed by atoms with Crippen LogP contribution in [0.1, 0.15) is 0 Å². The Kier molecular flexibility index (Phi) is 4.61. The first kappa shape index (κ1) is 16.2. The van der Waals surface area contributed by atoms with Crippen molar-refractivity contribution in [1.29, 1.82) is 0 Å². The van der Waals surface area contributed by atoms with Crippen LogP contribution in [0.3, 0.4) is 0 Å². The zero-order valence-corrected chi connectivity index (χ0v) is 13.9. The molecule has 7 nitrogen and oxygen atoms in total. The predicted molar refractivity (Wildman–Crippen MR) is 95.6 cm³/mol. The van der Waals surface area contributed by atoms with Crippen LogP contribution in [-0.2, 0) is 0 Å². The molecule has 1 aromatic carbocycles. The molecule has 1 aliphatic heterocycles. The van der Waals surface area contributed by atoms with Crippen molar-refractivity contribution in [2.45, 2.75) is 0 Å². The molecule has 3 rings (SSSR count). The van der Waals surface area contributed by atoms with Gasteiger partial charge < -0.3 is 15.1 Å². The minimum Gasteiger partial charge on any atom is -0.386 e. The predicted octanol–water partition coefficient (Wildman–Crippen LogP) is 2.45. The van der Waals surface area contributed by atoms with Crippen LogP contribution in [0.2, 0.25) is 0 Å². The second-order valence-electron chi connectivity index (χ2n) is 5.90. The van der Waals surface area contributed by atoms with E-state index in [4.69, 9.17) is 0 Å². The van der Waals surface area contributed by atoms with E-state index in [2.05, 4.69) is 27.1 Å². The van der Waals surface area contributed by atoms with Crippen LogP contribution >= 0.6 is 0 Å². The Hall–Kier alpha value is -2.67. The van der Waals surface area contributed by atoms with Crippen molar-refractivity contribution in [1.82, 2.24) is 9.88 Å². The second kappa shape index (κ2) is 6.84. The Balaban J connectivity index is 2.05. The van der Waals surface area contributed by atoms with E-state index < -0.39 is 0 Å². The number of benzene rings is 1. The van der Waals surface area contributed by atoms with Crippen molar-refractivity contribution in [3.8, 4) is 11.3 Å². The lowest BCUT2D eigenvalue weighted by Crippen LogP contribution is -2.44. The monoisotopic (exact) mass is 327 g/mol. The molecule has 0 unspecified atom stereocenters. The Bertz CT molecular complexity index is 742. The fraction of sp³-hybridized carbons (Fsp3) is 0.353. The van der Waals surface area contributed by atoms with Crippen molar-refractivity contribution >= 4 is 17.1 Å². The molecule has 0 aliphatic carbocycles. The molecular formula is C17H21N5O2. The molecule has 1 aromatic heterocycles. The highest BCUT2D eigenvalue weighted by Crippen LogP contribution is 2.36. The summed E-state index contributed by atoms with van der Waals surface area (Å²) in [4.78, 5) is 20.0. The summed E-state index contributed by atoms with van der Waals surface area (Å²) < 4.78 is 0. The number of nitrogens with one attached hydrogen (secondary N) is 1. The Morgan fingerprint density at radius 3 is 2.62 bits per heavy atom. The first-order valence-electron chi connectivity index (χ1n) is 7.95. The van der Waals surface area contributed by atoms with Gasteiger partial charge in [0.05, 0.1) is 16.2 Å². The van der Waals surface area contributed by atoms with Crippen molar-refractivity contribution in [3.05, 3.63) is 46.6 Å². The molecule has 24 heavy (non-hydrogen) atoms. The van der Waals surface area contributed by atoms with Crippen LogP contribution in [-0.4, -0.2) is 55.1 Å². The zero-order valence-electron chi connectivity index (χ0n) is 13.9. The summed E-state index contributed by atoms with van der Waals surface area (Å²) in [6.45, 7) is 3.79. The maximum Gasteiger partial charge on any atom is 0.278 e. The van der Waals surface area contributed by atoms with Gasteiger partial charge in [0.15, 0.2) is 0 Å². The van der Waals surface area contributed by atoms with Crippen LogP contribution in [0, 0.1) is 10.1 Å². The van der Waals surface area contributed by atoms with Gasteiger partial charge in [-0.15, -0.1) is 0 Å². The molecule has 1 saturated heterocycles. The van der Waals surface area contributed by atoms with Crippen LogP contribution in [0.4, 0.5) is 17.1 Å². The number of piperazine rings is 1. The van der Waals surface area contributed by atoms with Gasteiger partial charge in [0.2, 0.25) is 0 Å². The molecule has 1 aliphatic rings. The molecule has 1 N–H and O–H groups in total. The number of nitro groups is 1. The first-order valence-corrected chi connectivity index (χ1v) is 7.95. The lowest BCUT2D eigenvalue weighted by Gasteiger charge is -2.34. The lowest BCUT2D eigenvalue weighted by atomic mass is 10.1. The number of anilines is 2. The summed E-state index contributed by atoms with van der Waals surface area (Å²) in [5.74, 6) is 0. The van der Waals surface area contributed by atoms with Crippen molar-refractivity contribution in [3.63, 3.8) is 0 Å². The third-order valence-electron chi connectivity index (χ3n) is 4.38. The molecule has 0 amide bonds. The minimum absolute atomic E-state index is 0.0723. The molecule has 0 atom stereocenters. The average Bonchev–Trinajstić information content (AvgIpc) is 2.61. The summed E-state index contributed by atoms with van der Waals surface area (Å²) >= 11 is 0. The summed E-state index contributed by atoms with van der Waals surface area (Å²) in [5, 5.41) is 14.5. The van der Waals surface area contributed by atoms with Gasteiger partial charge in [-0.2, -0.15) is 0 Å². The van der Waals surface area contributed by atoms with Crippen molar-refractivity contribution < 1.29 is 4.92 Å². The highest BCUT2D eigenvalue weighted by Gasteiger charge is 2.22. The van der Waals surface area contributed by atoms with Gasteiger partial charge in [0.1, 0.15) is 5.69 Å². The number of pyridine rings is 1. The van der Waals surface area contributed by atoms with Crippen LogP contribution in [0.25, 0.3) is 11.3 Å². The largest absolute Gasteiger partial charge is 0.386 e. The fourth-order valence-electron chi connectivity index (χ4n) is 2.96. The average molecular weight is 327 g/mol. The molecule has 2 heterocycles. The summed E-state index contributed by atoms with van der Waals surface area (Å²) in [6, 6.07) is 8.97. The number of rotatable bonds is 4. The number of likely N-dealkylation sites (N-methyl/N-ethyl adjacent to an activating group) is 1. The molecular weight excluding hydrogens is 306 g/mol. The van der Waals surface area contributed by atoms with Gasteiger partial charge in [-0.1, -0.05) is 0 Å². The van der Waals surface area contributed by atoms with E-state index in [1.165, 1.54) is 0 Å². The van der Waals surface area contributed by atoms with E-state index in [9.17, 15) is 10.1 Å². The molecule has 1 fully saturated rings. The molecule has 0 spiro atoms. The number of hydrogen-bond donors (Lipinski definition) is 1. The van der Waals surface area contributed by atoms with E-state index in [1.807, 2.05) is 24.3 Å². The van der Waals surface area contributed by atoms with E-state index in [1.54, 1.807) is 19.3 Å². The maximum absolute atomic E-state index is 11.5. The zero-order chi connectivity index (χ0) is 17.1. The van der Waals surface area contributed by atoms with Crippen LogP contribution < -0.4 is 10.2 Å². The topological polar surface area (TPSA) is 74.5 Å². The third-order valence-corrected chi connectivity index (χ3v) is 4.38. The summed E-state index contributed by atoms with van der Waals surface area (Å²) in [7, 11) is 3.89. The van der Waals surface area contributed by atoms with E-state index in [0.29, 0.717) is 11.3 Å². The van der Waals surface area contributed by atoms with Crippen molar-refractivity contribution in [2.75, 3.05) is 50.5 Å². The first-order chi connectivity index (χ1) is 11.6. The summed E-state index contributed by atoms with van der Waals surface area (Å²) in [5.41, 5.74) is 2.99. The second-order valence-corrected chi connectivity index (χ2v) is 5.90. The van der Waals surface area contributed by atoms with Gasteiger partial charge in [-0.25, -0.2) is 0 Å². The van der Waals surface area contributed by atoms with Gasteiger partial charge >= 0.3 is 0 Å². The molecule has 2 aromatic rings. The highest BCUT2D eigenvalue weighted by molar-refractivity contribution is 5.82. The van der Waals surface area contributed by atoms with Gasteiger partial charge in [-0.05, 0) is 31.3 Å². The normalized spacial score (nSPS) is 15.3. The number of aromatic nitrogens is 1. The Morgan fingerprint density at radius 1 is 1.21 bits per heavy atom. The van der Waals surface area contributed by atoms with E-state index >= 15 is 0 Å². The van der Waals surface area contributed by atoms with Gasteiger partial charge in [-0.3, -0.25) is 15.1 Å². The SMILES string of the molecule is CNc1cccnc1-c1cc(N2CCN(C)CC2)ccc1[N+](=O)[O-]. The third kappa shape index (κ3) is 3.16. The summed E-state index contributed by atoms with van der Waals surface area (Å²) in [6.07, 6.45) is 1.66. The lowest BCUT2D eigenvalue weighted by molar-refractivity contribution is -0.384. The standard InChI is InChI=1S/C17H21N5O2/c1-18-15-4-3-7-19-17(15)14-12-13(5-6-16(14)22(23)24)21-10-8-20(2)9-11-21/h3-7,12,18H,8-11H2,1-2H3. The van der Waals surface area contributed by atoms with Crippen LogP contribution in [0.15, 0.2) is 36.5 Å². The molecule has 0 radical (unpaired) electrons. The van der Waals surface area contributed by atoms with E-state index in [-0.39, 0.29) is 10.6 Å². The molecule has 0 bridgehead atoms. The van der Waals surface area contributed by atoms with Crippen molar-refractivity contribution in [2.24, 2.45) is 0 Å². The van der Waals surface area contributed by atoms with Gasteiger partial charge in [0, 0.05) is 51.2 Å². The number of hydrogen-bond acceptors (Lipinski definition) is 6. The highest BCUT2D eigenvalue weighted by atomic mass is 16.6. The molecule has 7 heteroatoms. The van der Waals surface area contributed by atoms with E-state index in [0.717, 1.165) is 37.6 Å². The quantitative estimate of drug-likeness (QED) is 0.687. The maximum atomic E-state index is 11.5. The van der Waals surface area contributed by atoms with Crippen LogP contribution in [0.5, 0.6) is 0 Å². The number of nitrogens with zero attached hydrogens (tertiary/aromatic N) is 4. The number of nitro benzene ring substituents is 1. The molecule has 0 saturated carbocycles. The minimum atomic E-state index is -0.350. The fourth-order valence-corrected chi connectivity index (χ4v) is 2.96.